The minimum atomic E-state index is -3.59. The van der Waals surface area contributed by atoms with E-state index in [1.807, 2.05) is 0 Å². The van der Waals surface area contributed by atoms with E-state index in [2.05, 4.69) is 5.32 Å². The van der Waals surface area contributed by atoms with Gasteiger partial charge >= 0.3 is 0 Å². The molecule has 0 spiro atoms. The molecule has 144 valence electrons. The van der Waals surface area contributed by atoms with Crippen LogP contribution in [0.5, 0.6) is 0 Å². The molecule has 27 heavy (non-hydrogen) atoms. The molecule has 5 nitrogen and oxygen atoms in total. The fourth-order valence-corrected chi connectivity index (χ4v) is 4.99. The second kappa shape index (κ2) is 8.19. The smallest absolute Gasteiger partial charge is 0.243 e. The van der Waals surface area contributed by atoms with Gasteiger partial charge in [0.25, 0.3) is 0 Å². The third-order valence-corrected chi connectivity index (χ3v) is 6.75. The molecule has 1 aliphatic rings. The summed E-state index contributed by atoms with van der Waals surface area (Å²) in [7, 11) is -3.59. The lowest BCUT2D eigenvalue weighted by molar-refractivity contribution is -0.115. The Morgan fingerprint density at radius 1 is 1.11 bits per heavy atom. The molecular formula is C20H23FN2O3S. The van der Waals surface area contributed by atoms with Crippen LogP contribution in [0, 0.1) is 12.7 Å². The molecule has 0 bridgehead atoms. The molecule has 0 saturated carbocycles. The number of nitrogens with zero attached hydrogens (tertiary/aromatic N) is 1. The van der Waals surface area contributed by atoms with Crippen LogP contribution in [0.15, 0.2) is 47.4 Å². The normalized spacial score (nSPS) is 15.5. The molecule has 7 heteroatoms. The van der Waals surface area contributed by atoms with E-state index in [-0.39, 0.29) is 11.3 Å². The Balaban J connectivity index is 1.79. The van der Waals surface area contributed by atoms with Crippen molar-refractivity contribution >= 4 is 21.6 Å². The molecule has 3 rings (SSSR count). The Labute approximate surface area is 159 Å². The molecule has 1 amide bonds. The maximum absolute atomic E-state index is 13.7. The number of carbonyl (C=O) groups is 1. The number of aryl methyl sites for hydroxylation is 1. The summed E-state index contributed by atoms with van der Waals surface area (Å²) in [5.74, 6) is -0.838. The molecule has 1 aliphatic heterocycles. The highest BCUT2D eigenvalue weighted by Gasteiger charge is 2.27. The van der Waals surface area contributed by atoms with Crippen LogP contribution in [0.4, 0.5) is 10.1 Å². The molecular weight excluding hydrogens is 367 g/mol. The van der Waals surface area contributed by atoms with Crippen molar-refractivity contribution in [3.63, 3.8) is 0 Å². The van der Waals surface area contributed by atoms with Crippen LogP contribution in [0.1, 0.15) is 30.4 Å². The molecule has 2 aromatic rings. The van der Waals surface area contributed by atoms with Crippen molar-refractivity contribution in [2.75, 3.05) is 18.4 Å². The summed E-state index contributed by atoms with van der Waals surface area (Å²) in [5.41, 5.74) is 1.31. The quantitative estimate of drug-likeness (QED) is 0.850. The van der Waals surface area contributed by atoms with Gasteiger partial charge in [0.15, 0.2) is 0 Å². The molecule has 0 aromatic heterocycles. The van der Waals surface area contributed by atoms with Crippen molar-refractivity contribution in [2.24, 2.45) is 0 Å². The Morgan fingerprint density at radius 3 is 2.52 bits per heavy atom. The number of piperidine rings is 1. The molecule has 1 fully saturated rings. The highest BCUT2D eigenvalue weighted by atomic mass is 32.2. The minimum Gasteiger partial charge on any atom is -0.326 e. The predicted molar refractivity (Wildman–Crippen MR) is 103 cm³/mol. The highest BCUT2D eigenvalue weighted by molar-refractivity contribution is 7.89. The second-order valence-electron chi connectivity index (χ2n) is 6.76. The van der Waals surface area contributed by atoms with Gasteiger partial charge in [-0.15, -0.1) is 0 Å². The van der Waals surface area contributed by atoms with Crippen LogP contribution < -0.4 is 5.32 Å². The topological polar surface area (TPSA) is 66.5 Å². The Hall–Kier alpha value is -2.25. The van der Waals surface area contributed by atoms with Crippen molar-refractivity contribution in [1.82, 2.24) is 4.31 Å². The van der Waals surface area contributed by atoms with Crippen LogP contribution in [-0.4, -0.2) is 31.7 Å². The maximum Gasteiger partial charge on any atom is 0.243 e. The van der Waals surface area contributed by atoms with Crippen molar-refractivity contribution in [2.45, 2.75) is 37.5 Å². The average Bonchev–Trinajstić information content (AvgIpc) is 2.66. The summed E-state index contributed by atoms with van der Waals surface area (Å²) < 4.78 is 41.1. The first-order valence-electron chi connectivity index (χ1n) is 9.02. The van der Waals surface area contributed by atoms with Crippen LogP contribution in [0.25, 0.3) is 0 Å². The number of hydrogen-bond acceptors (Lipinski definition) is 3. The van der Waals surface area contributed by atoms with Crippen LogP contribution in [0.3, 0.4) is 0 Å². The van der Waals surface area contributed by atoms with Gasteiger partial charge in [0.2, 0.25) is 15.9 Å². The largest absolute Gasteiger partial charge is 0.326 e. The predicted octanol–water partition coefficient (Wildman–Crippen LogP) is 3.49. The average molecular weight is 390 g/mol. The number of amides is 1. The van der Waals surface area contributed by atoms with E-state index in [0.717, 1.165) is 19.3 Å². The summed E-state index contributed by atoms with van der Waals surface area (Å²) in [6.07, 6.45) is 2.64. The van der Waals surface area contributed by atoms with Gasteiger partial charge in [-0.1, -0.05) is 30.7 Å². The third kappa shape index (κ3) is 4.54. The third-order valence-electron chi connectivity index (χ3n) is 4.71. The maximum atomic E-state index is 13.7. The zero-order chi connectivity index (χ0) is 19.4. The first-order chi connectivity index (χ1) is 12.9. The fraction of sp³-hybridized carbons (Fsp3) is 0.350. The van der Waals surface area contributed by atoms with Crippen molar-refractivity contribution in [1.29, 1.82) is 0 Å². The summed E-state index contributed by atoms with van der Waals surface area (Å²) in [6.45, 7) is 2.78. The Kier molecular flexibility index (Phi) is 5.92. The van der Waals surface area contributed by atoms with Gasteiger partial charge in [0, 0.05) is 18.8 Å². The Morgan fingerprint density at radius 2 is 1.81 bits per heavy atom. The molecule has 1 heterocycles. The lowest BCUT2D eigenvalue weighted by Gasteiger charge is -2.26. The van der Waals surface area contributed by atoms with Crippen LogP contribution >= 0.6 is 0 Å². The number of carbonyl (C=O) groups excluding carboxylic acids is 1. The fourth-order valence-electron chi connectivity index (χ4n) is 3.22. The number of halogens is 1. The van der Waals surface area contributed by atoms with E-state index in [0.29, 0.717) is 29.9 Å². The van der Waals surface area contributed by atoms with E-state index in [1.54, 1.807) is 37.3 Å². The van der Waals surface area contributed by atoms with E-state index >= 15 is 0 Å². The number of hydrogen-bond donors (Lipinski definition) is 1. The summed E-state index contributed by atoms with van der Waals surface area (Å²) in [4.78, 5) is 12.4. The molecule has 1 saturated heterocycles. The van der Waals surface area contributed by atoms with E-state index in [1.165, 1.54) is 16.4 Å². The zero-order valence-electron chi connectivity index (χ0n) is 15.2. The second-order valence-corrected chi connectivity index (χ2v) is 8.67. The van der Waals surface area contributed by atoms with Crippen molar-refractivity contribution in [3.8, 4) is 0 Å². The zero-order valence-corrected chi connectivity index (χ0v) is 16.1. The van der Waals surface area contributed by atoms with Gasteiger partial charge in [-0.2, -0.15) is 4.31 Å². The summed E-state index contributed by atoms with van der Waals surface area (Å²) in [6, 6.07) is 10.9. The summed E-state index contributed by atoms with van der Waals surface area (Å²) >= 11 is 0. The number of sulfonamides is 1. The van der Waals surface area contributed by atoms with Gasteiger partial charge in [-0.05, 0) is 49.1 Å². The van der Waals surface area contributed by atoms with Gasteiger partial charge in [-0.25, -0.2) is 12.8 Å². The van der Waals surface area contributed by atoms with Gasteiger partial charge < -0.3 is 5.32 Å². The van der Waals surface area contributed by atoms with E-state index in [4.69, 9.17) is 0 Å². The Bertz CT molecular complexity index is 938. The van der Waals surface area contributed by atoms with Crippen molar-refractivity contribution < 1.29 is 17.6 Å². The molecule has 2 aromatic carbocycles. The van der Waals surface area contributed by atoms with Gasteiger partial charge in [-0.3, -0.25) is 4.79 Å². The number of nitrogens with one attached hydrogen (secondary N) is 1. The molecule has 0 radical (unpaired) electrons. The molecule has 0 unspecified atom stereocenters. The van der Waals surface area contributed by atoms with E-state index < -0.39 is 21.7 Å². The van der Waals surface area contributed by atoms with Crippen LogP contribution in [0.2, 0.25) is 0 Å². The number of anilines is 1. The lowest BCUT2D eigenvalue weighted by Crippen LogP contribution is -2.36. The summed E-state index contributed by atoms with van der Waals surface area (Å²) in [5, 5.41) is 2.67. The monoisotopic (exact) mass is 390 g/mol. The standard InChI is InChI=1S/C20H23FN2O3S/c1-15-9-10-17(22-20(24)13-16-7-3-4-8-18(16)21)14-19(15)27(25,26)23-11-5-2-6-12-23/h3-4,7-10,14H,2,5-6,11-13H2,1H3,(H,22,24). The first-order valence-corrected chi connectivity index (χ1v) is 10.5. The van der Waals surface area contributed by atoms with Crippen LogP contribution in [-0.2, 0) is 21.2 Å². The first kappa shape index (κ1) is 19.5. The minimum absolute atomic E-state index is 0.116. The molecule has 0 atom stereocenters. The molecule has 0 aliphatic carbocycles. The lowest BCUT2D eigenvalue weighted by atomic mass is 10.1. The molecule has 1 N–H and O–H groups in total. The number of benzene rings is 2. The van der Waals surface area contributed by atoms with E-state index in [9.17, 15) is 17.6 Å². The van der Waals surface area contributed by atoms with Gasteiger partial charge in [0.05, 0.1) is 11.3 Å². The SMILES string of the molecule is Cc1ccc(NC(=O)Cc2ccccc2F)cc1S(=O)(=O)N1CCCCC1. The number of rotatable bonds is 5. The van der Waals surface area contributed by atoms with Gasteiger partial charge in [0.1, 0.15) is 5.82 Å². The van der Waals surface area contributed by atoms with Crippen molar-refractivity contribution in [3.05, 3.63) is 59.4 Å². The highest BCUT2D eigenvalue weighted by Crippen LogP contribution is 2.26.